The molecule has 0 bridgehead atoms. The minimum absolute atomic E-state index is 0.307. The lowest BCUT2D eigenvalue weighted by atomic mass is 10.0. The fraction of sp³-hybridized carbons (Fsp3) is 0.200. The molecule has 104 valence electrons. The summed E-state index contributed by atoms with van der Waals surface area (Å²) in [6.45, 7) is 0. The third-order valence-electron chi connectivity index (χ3n) is 2.99. The molecule has 5 nitrogen and oxygen atoms in total. The van der Waals surface area contributed by atoms with E-state index >= 15 is 0 Å². The van der Waals surface area contributed by atoms with Crippen LogP contribution >= 0.6 is 0 Å². The van der Waals surface area contributed by atoms with Gasteiger partial charge in [-0.25, -0.2) is 0 Å². The van der Waals surface area contributed by atoms with Crippen molar-refractivity contribution in [1.82, 2.24) is 4.98 Å². The monoisotopic (exact) mass is 272 g/mol. The molecule has 0 saturated carbocycles. The molecule has 0 radical (unpaired) electrons. The van der Waals surface area contributed by atoms with Gasteiger partial charge >= 0.3 is 5.97 Å². The summed E-state index contributed by atoms with van der Waals surface area (Å²) in [6, 6.07) is 10.3. The van der Waals surface area contributed by atoms with Crippen molar-refractivity contribution in [2.24, 2.45) is 5.73 Å². The summed E-state index contributed by atoms with van der Waals surface area (Å²) in [5.41, 5.74) is 8.13. The minimum Gasteiger partial charge on any atom is -0.497 e. The van der Waals surface area contributed by atoms with Crippen molar-refractivity contribution in [2.45, 2.75) is 12.5 Å². The molecular weight excluding hydrogens is 256 g/mol. The molecule has 1 aromatic carbocycles. The van der Waals surface area contributed by atoms with Crippen LogP contribution in [0.15, 0.2) is 42.6 Å². The normalized spacial score (nSPS) is 11.9. The Kier molecular flexibility index (Phi) is 4.32. The number of carboxylic acid groups (broad SMARTS) is 1. The number of aromatic nitrogens is 1. The SMILES string of the molecule is COc1ccnc(-c2ccc(C[C@H](N)C(=O)O)cc2)c1. The molecule has 5 heteroatoms. The predicted molar refractivity (Wildman–Crippen MR) is 75.5 cm³/mol. The molecule has 1 heterocycles. The van der Waals surface area contributed by atoms with Gasteiger partial charge < -0.3 is 15.6 Å². The van der Waals surface area contributed by atoms with Gasteiger partial charge in [-0.05, 0) is 18.1 Å². The van der Waals surface area contributed by atoms with Crippen molar-refractivity contribution in [3.63, 3.8) is 0 Å². The van der Waals surface area contributed by atoms with Crippen LogP contribution in [0, 0.1) is 0 Å². The zero-order valence-corrected chi connectivity index (χ0v) is 11.1. The van der Waals surface area contributed by atoms with E-state index in [0.29, 0.717) is 6.42 Å². The Morgan fingerprint density at radius 1 is 1.35 bits per heavy atom. The molecule has 2 rings (SSSR count). The summed E-state index contributed by atoms with van der Waals surface area (Å²) in [5.74, 6) is -0.254. The highest BCUT2D eigenvalue weighted by atomic mass is 16.5. The molecule has 0 fully saturated rings. The number of pyridine rings is 1. The average molecular weight is 272 g/mol. The maximum absolute atomic E-state index is 10.7. The van der Waals surface area contributed by atoms with Crippen molar-refractivity contribution in [3.8, 4) is 17.0 Å². The number of methoxy groups -OCH3 is 1. The first-order valence-corrected chi connectivity index (χ1v) is 6.18. The number of ether oxygens (including phenoxy) is 1. The molecular formula is C15H16N2O3. The number of aliphatic carboxylic acids is 1. The number of carboxylic acids is 1. The summed E-state index contributed by atoms with van der Waals surface area (Å²) in [5, 5.41) is 8.78. The minimum atomic E-state index is -0.997. The van der Waals surface area contributed by atoms with Crippen LogP contribution in [-0.4, -0.2) is 29.2 Å². The Hall–Kier alpha value is -2.40. The largest absolute Gasteiger partial charge is 0.497 e. The van der Waals surface area contributed by atoms with Crippen LogP contribution in [0.5, 0.6) is 5.75 Å². The van der Waals surface area contributed by atoms with Gasteiger partial charge in [-0.1, -0.05) is 24.3 Å². The molecule has 0 saturated heterocycles. The first-order chi connectivity index (χ1) is 9.60. The molecule has 2 aromatic rings. The third kappa shape index (κ3) is 3.33. The summed E-state index contributed by atoms with van der Waals surface area (Å²) >= 11 is 0. The maximum Gasteiger partial charge on any atom is 0.320 e. The molecule has 0 aliphatic rings. The quantitative estimate of drug-likeness (QED) is 0.865. The van der Waals surface area contributed by atoms with Crippen molar-refractivity contribution in [3.05, 3.63) is 48.2 Å². The van der Waals surface area contributed by atoms with Crippen LogP contribution in [-0.2, 0) is 11.2 Å². The molecule has 0 spiro atoms. The van der Waals surface area contributed by atoms with Crippen LogP contribution in [0.4, 0.5) is 0 Å². The molecule has 1 atom stereocenters. The zero-order chi connectivity index (χ0) is 14.5. The lowest BCUT2D eigenvalue weighted by Gasteiger charge is -2.08. The fourth-order valence-electron chi connectivity index (χ4n) is 1.85. The first-order valence-electron chi connectivity index (χ1n) is 6.18. The number of nitrogens with zero attached hydrogens (tertiary/aromatic N) is 1. The molecule has 0 aliphatic heterocycles. The van der Waals surface area contributed by atoms with Crippen LogP contribution < -0.4 is 10.5 Å². The second-order valence-corrected chi connectivity index (χ2v) is 4.43. The topological polar surface area (TPSA) is 85.4 Å². The van der Waals surface area contributed by atoms with Gasteiger partial charge in [0, 0.05) is 17.8 Å². The van der Waals surface area contributed by atoms with E-state index in [9.17, 15) is 4.79 Å². The lowest BCUT2D eigenvalue weighted by molar-refractivity contribution is -0.138. The number of hydrogen-bond donors (Lipinski definition) is 2. The number of benzene rings is 1. The molecule has 1 aromatic heterocycles. The van der Waals surface area contributed by atoms with E-state index in [0.717, 1.165) is 22.6 Å². The Balaban J connectivity index is 2.17. The van der Waals surface area contributed by atoms with Crippen LogP contribution in [0.1, 0.15) is 5.56 Å². The van der Waals surface area contributed by atoms with Gasteiger partial charge in [0.1, 0.15) is 11.8 Å². The van der Waals surface area contributed by atoms with Gasteiger partial charge in [0.05, 0.1) is 12.8 Å². The van der Waals surface area contributed by atoms with Crippen molar-refractivity contribution >= 4 is 5.97 Å². The van der Waals surface area contributed by atoms with Crippen LogP contribution in [0.25, 0.3) is 11.3 Å². The number of hydrogen-bond acceptors (Lipinski definition) is 4. The standard InChI is InChI=1S/C15H16N2O3/c1-20-12-6-7-17-14(9-12)11-4-2-10(3-5-11)8-13(16)15(18)19/h2-7,9,13H,8,16H2,1H3,(H,18,19)/t13-/m0/s1. The van der Waals surface area contributed by atoms with E-state index in [1.54, 1.807) is 19.4 Å². The summed E-state index contributed by atoms with van der Waals surface area (Å²) < 4.78 is 5.16. The molecule has 0 aliphatic carbocycles. The van der Waals surface area contributed by atoms with Crippen molar-refractivity contribution < 1.29 is 14.6 Å². The van der Waals surface area contributed by atoms with Gasteiger partial charge in [-0.3, -0.25) is 9.78 Å². The van der Waals surface area contributed by atoms with E-state index in [1.807, 2.05) is 30.3 Å². The van der Waals surface area contributed by atoms with Gasteiger partial charge in [0.15, 0.2) is 0 Å². The fourth-order valence-corrected chi connectivity index (χ4v) is 1.85. The third-order valence-corrected chi connectivity index (χ3v) is 2.99. The predicted octanol–water partition coefficient (Wildman–Crippen LogP) is 1.71. The van der Waals surface area contributed by atoms with Gasteiger partial charge in [-0.2, -0.15) is 0 Å². The highest BCUT2D eigenvalue weighted by Crippen LogP contribution is 2.21. The summed E-state index contributed by atoms with van der Waals surface area (Å²) in [7, 11) is 1.61. The van der Waals surface area contributed by atoms with E-state index in [1.165, 1.54) is 0 Å². The number of rotatable bonds is 5. The Bertz CT molecular complexity index is 596. The van der Waals surface area contributed by atoms with Crippen molar-refractivity contribution in [1.29, 1.82) is 0 Å². The number of carbonyl (C=O) groups is 1. The molecule has 0 unspecified atom stereocenters. The highest BCUT2D eigenvalue weighted by Gasteiger charge is 2.12. The van der Waals surface area contributed by atoms with Crippen LogP contribution in [0.2, 0.25) is 0 Å². The summed E-state index contributed by atoms with van der Waals surface area (Å²) in [4.78, 5) is 15.0. The molecule has 0 amide bonds. The number of nitrogens with two attached hydrogens (primary N) is 1. The molecule has 20 heavy (non-hydrogen) atoms. The Morgan fingerprint density at radius 3 is 2.65 bits per heavy atom. The Morgan fingerprint density at radius 2 is 2.05 bits per heavy atom. The second-order valence-electron chi connectivity index (χ2n) is 4.43. The Labute approximate surface area is 117 Å². The second kappa shape index (κ2) is 6.16. The highest BCUT2D eigenvalue weighted by molar-refractivity contribution is 5.73. The van der Waals surface area contributed by atoms with Gasteiger partial charge in [0.2, 0.25) is 0 Å². The molecule has 3 N–H and O–H groups in total. The van der Waals surface area contributed by atoms with Crippen LogP contribution in [0.3, 0.4) is 0 Å². The zero-order valence-electron chi connectivity index (χ0n) is 11.1. The van der Waals surface area contributed by atoms with E-state index < -0.39 is 12.0 Å². The van der Waals surface area contributed by atoms with E-state index in [-0.39, 0.29) is 0 Å². The average Bonchev–Trinajstić information content (AvgIpc) is 2.48. The van der Waals surface area contributed by atoms with E-state index in [4.69, 9.17) is 15.6 Å². The summed E-state index contributed by atoms with van der Waals surface area (Å²) in [6.07, 6.45) is 1.99. The first kappa shape index (κ1) is 14.0. The maximum atomic E-state index is 10.7. The van der Waals surface area contributed by atoms with Crippen molar-refractivity contribution in [2.75, 3.05) is 7.11 Å². The lowest BCUT2D eigenvalue weighted by Crippen LogP contribution is -2.32. The van der Waals surface area contributed by atoms with Gasteiger partial charge in [0.25, 0.3) is 0 Å². The van der Waals surface area contributed by atoms with E-state index in [2.05, 4.69) is 4.98 Å². The van der Waals surface area contributed by atoms with Gasteiger partial charge in [-0.15, -0.1) is 0 Å². The smallest absolute Gasteiger partial charge is 0.320 e.